The lowest BCUT2D eigenvalue weighted by molar-refractivity contribution is -0.120. The van der Waals surface area contributed by atoms with Gasteiger partial charge in [-0.15, -0.1) is 0 Å². The molecular formula is C20H23BrN2O3S. The summed E-state index contributed by atoms with van der Waals surface area (Å²) >= 11 is 3.32. The fraction of sp³-hybridized carbons (Fsp3) is 0.350. The summed E-state index contributed by atoms with van der Waals surface area (Å²) in [6.07, 6.45) is 1.35. The summed E-state index contributed by atoms with van der Waals surface area (Å²) in [6.45, 7) is 4.66. The van der Waals surface area contributed by atoms with Gasteiger partial charge < -0.3 is 5.32 Å². The minimum atomic E-state index is -3.60. The first kappa shape index (κ1) is 20.0. The molecule has 1 N–H and O–H groups in total. The van der Waals surface area contributed by atoms with Gasteiger partial charge in [-0.25, -0.2) is 8.42 Å². The van der Waals surface area contributed by atoms with Crippen molar-refractivity contribution >= 4 is 37.5 Å². The monoisotopic (exact) mass is 450 g/mol. The highest BCUT2D eigenvalue weighted by molar-refractivity contribution is 9.10. The molecule has 0 aliphatic carbocycles. The van der Waals surface area contributed by atoms with E-state index in [1.165, 1.54) is 4.31 Å². The molecule has 0 unspecified atom stereocenters. The lowest BCUT2D eigenvalue weighted by Crippen LogP contribution is -2.43. The van der Waals surface area contributed by atoms with Crippen LogP contribution in [0.2, 0.25) is 0 Å². The van der Waals surface area contributed by atoms with E-state index in [1.54, 1.807) is 24.3 Å². The highest BCUT2D eigenvalue weighted by atomic mass is 79.9. The van der Waals surface area contributed by atoms with Crippen LogP contribution in [0.5, 0.6) is 0 Å². The van der Waals surface area contributed by atoms with E-state index < -0.39 is 10.0 Å². The van der Waals surface area contributed by atoms with Crippen LogP contribution in [0, 0.1) is 19.8 Å². The average molecular weight is 451 g/mol. The summed E-state index contributed by atoms with van der Waals surface area (Å²) in [5.74, 6) is -0.487. The number of nitrogens with one attached hydrogen (secondary N) is 1. The second-order valence-electron chi connectivity index (χ2n) is 6.94. The molecule has 144 valence electrons. The molecule has 1 atom stereocenters. The van der Waals surface area contributed by atoms with Crippen LogP contribution < -0.4 is 5.32 Å². The van der Waals surface area contributed by atoms with Gasteiger partial charge in [0.1, 0.15) is 0 Å². The van der Waals surface area contributed by atoms with E-state index in [-0.39, 0.29) is 23.3 Å². The predicted octanol–water partition coefficient (Wildman–Crippen LogP) is 4.11. The molecular weight excluding hydrogens is 428 g/mol. The Labute approximate surface area is 169 Å². The minimum absolute atomic E-state index is 0.131. The molecule has 27 heavy (non-hydrogen) atoms. The topological polar surface area (TPSA) is 66.5 Å². The average Bonchev–Trinajstić information content (AvgIpc) is 2.65. The van der Waals surface area contributed by atoms with Gasteiger partial charge in [-0.05, 0) is 74.2 Å². The molecule has 1 saturated heterocycles. The fourth-order valence-corrected chi connectivity index (χ4v) is 4.98. The zero-order valence-electron chi connectivity index (χ0n) is 15.4. The van der Waals surface area contributed by atoms with E-state index in [9.17, 15) is 13.2 Å². The van der Waals surface area contributed by atoms with E-state index in [1.807, 2.05) is 32.0 Å². The SMILES string of the molecule is Cc1ccc(NC(=O)[C@H]2CCCN(S(=O)(=O)c3ccc(Br)cc3)C2)cc1C. The molecule has 1 fully saturated rings. The van der Waals surface area contributed by atoms with Crippen LogP contribution in [0.4, 0.5) is 5.69 Å². The first-order chi connectivity index (χ1) is 12.8. The van der Waals surface area contributed by atoms with Gasteiger partial charge in [0, 0.05) is 23.2 Å². The summed E-state index contributed by atoms with van der Waals surface area (Å²) in [6, 6.07) is 12.4. The maximum Gasteiger partial charge on any atom is 0.243 e. The van der Waals surface area contributed by atoms with Crippen LogP contribution in [-0.2, 0) is 14.8 Å². The van der Waals surface area contributed by atoms with Crippen molar-refractivity contribution in [3.8, 4) is 0 Å². The zero-order valence-corrected chi connectivity index (χ0v) is 17.8. The minimum Gasteiger partial charge on any atom is -0.326 e. The van der Waals surface area contributed by atoms with Crippen LogP contribution >= 0.6 is 15.9 Å². The van der Waals surface area contributed by atoms with Crippen molar-refractivity contribution in [2.45, 2.75) is 31.6 Å². The van der Waals surface area contributed by atoms with Crippen molar-refractivity contribution in [2.24, 2.45) is 5.92 Å². The molecule has 0 spiro atoms. The smallest absolute Gasteiger partial charge is 0.243 e. The van der Waals surface area contributed by atoms with Crippen LogP contribution in [0.1, 0.15) is 24.0 Å². The predicted molar refractivity (Wildman–Crippen MR) is 110 cm³/mol. The van der Waals surface area contributed by atoms with Gasteiger partial charge in [-0.2, -0.15) is 4.31 Å². The Kier molecular flexibility index (Phi) is 6.03. The Morgan fingerprint density at radius 3 is 2.48 bits per heavy atom. The maximum absolute atomic E-state index is 12.9. The number of carbonyl (C=O) groups is 1. The first-order valence-electron chi connectivity index (χ1n) is 8.91. The molecule has 1 amide bonds. The number of piperidine rings is 1. The molecule has 1 aliphatic rings. The quantitative estimate of drug-likeness (QED) is 0.761. The third-order valence-electron chi connectivity index (χ3n) is 4.98. The van der Waals surface area contributed by atoms with E-state index in [0.717, 1.165) is 21.3 Å². The van der Waals surface area contributed by atoms with Crippen molar-refractivity contribution in [2.75, 3.05) is 18.4 Å². The first-order valence-corrected chi connectivity index (χ1v) is 11.1. The molecule has 3 rings (SSSR count). The van der Waals surface area contributed by atoms with Crippen LogP contribution in [0.25, 0.3) is 0 Å². The second kappa shape index (κ2) is 8.12. The Hall–Kier alpha value is -1.70. The number of amides is 1. The number of anilines is 1. The molecule has 7 heteroatoms. The Bertz CT molecular complexity index is 942. The molecule has 0 bridgehead atoms. The summed E-state index contributed by atoms with van der Waals surface area (Å²) in [4.78, 5) is 12.9. The third-order valence-corrected chi connectivity index (χ3v) is 7.39. The van der Waals surface area contributed by atoms with E-state index in [2.05, 4.69) is 21.2 Å². The third kappa shape index (κ3) is 4.59. The number of nitrogens with zero attached hydrogens (tertiary/aromatic N) is 1. The molecule has 5 nitrogen and oxygen atoms in total. The summed E-state index contributed by atoms with van der Waals surface area (Å²) in [5, 5.41) is 2.93. The summed E-state index contributed by atoms with van der Waals surface area (Å²) in [5.41, 5.74) is 3.02. The number of sulfonamides is 1. The number of hydrogen-bond acceptors (Lipinski definition) is 3. The van der Waals surface area contributed by atoms with Crippen molar-refractivity contribution in [3.63, 3.8) is 0 Å². The van der Waals surface area contributed by atoms with Gasteiger partial charge in [0.2, 0.25) is 15.9 Å². The van der Waals surface area contributed by atoms with Crippen LogP contribution in [-0.4, -0.2) is 31.7 Å². The lowest BCUT2D eigenvalue weighted by atomic mass is 9.98. The van der Waals surface area contributed by atoms with E-state index in [0.29, 0.717) is 19.4 Å². The number of hydrogen-bond donors (Lipinski definition) is 1. The Morgan fingerprint density at radius 2 is 1.81 bits per heavy atom. The van der Waals surface area contributed by atoms with E-state index in [4.69, 9.17) is 0 Å². The second-order valence-corrected chi connectivity index (χ2v) is 9.80. The van der Waals surface area contributed by atoms with Crippen molar-refractivity contribution in [1.82, 2.24) is 4.31 Å². The molecule has 0 saturated carbocycles. The standard InChI is InChI=1S/C20H23BrN2O3S/c1-14-5-8-18(12-15(14)2)22-20(24)16-4-3-11-23(13-16)27(25,26)19-9-6-17(21)7-10-19/h5-10,12,16H,3-4,11,13H2,1-2H3,(H,22,24)/t16-/m0/s1. The summed E-state index contributed by atoms with van der Waals surface area (Å²) in [7, 11) is -3.60. The van der Waals surface area contributed by atoms with Gasteiger partial charge in [0.05, 0.1) is 10.8 Å². The number of benzene rings is 2. The van der Waals surface area contributed by atoms with Gasteiger partial charge in [0.25, 0.3) is 0 Å². The fourth-order valence-electron chi connectivity index (χ4n) is 3.19. The van der Waals surface area contributed by atoms with Crippen LogP contribution in [0.3, 0.4) is 0 Å². The van der Waals surface area contributed by atoms with Crippen molar-refractivity contribution in [3.05, 3.63) is 58.1 Å². The zero-order chi connectivity index (χ0) is 19.6. The molecule has 0 aromatic heterocycles. The molecule has 2 aromatic rings. The highest BCUT2D eigenvalue weighted by Gasteiger charge is 2.33. The number of rotatable bonds is 4. The van der Waals surface area contributed by atoms with Gasteiger partial charge in [-0.3, -0.25) is 4.79 Å². The largest absolute Gasteiger partial charge is 0.326 e. The molecule has 0 radical (unpaired) electrons. The maximum atomic E-state index is 12.9. The molecule has 1 aliphatic heterocycles. The number of halogens is 1. The van der Waals surface area contributed by atoms with Gasteiger partial charge in [0.15, 0.2) is 0 Å². The van der Waals surface area contributed by atoms with E-state index >= 15 is 0 Å². The van der Waals surface area contributed by atoms with Crippen LogP contribution in [0.15, 0.2) is 51.8 Å². The summed E-state index contributed by atoms with van der Waals surface area (Å²) < 4.78 is 28.0. The normalized spacial score (nSPS) is 18.3. The number of carbonyl (C=O) groups excluding carboxylic acids is 1. The lowest BCUT2D eigenvalue weighted by Gasteiger charge is -2.31. The number of aryl methyl sites for hydroxylation is 2. The van der Waals surface area contributed by atoms with Gasteiger partial charge >= 0.3 is 0 Å². The highest BCUT2D eigenvalue weighted by Crippen LogP contribution is 2.26. The Morgan fingerprint density at radius 1 is 1.11 bits per heavy atom. The molecule has 2 aromatic carbocycles. The van der Waals surface area contributed by atoms with Crippen molar-refractivity contribution in [1.29, 1.82) is 0 Å². The van der Waals surface area contributed by atoms with Crippen molar-refractivity contribution < 1.29 is 13.2 Å². The van der Waals surface area contributed by atoms with Gasteiger partial charge in [-0.1, -0.05) is 22.0 Å². The molecule has 1 heterocycles. The Balaban J connectivity index is 1.72.